The van der Waals surface area contributed by atoms with Crippen LogP contribution >= 0.6 is 11.6 Å². The standard InChI is InChI=1S/C15H13ClFNO/c16-13-7-6-11(17)8-12(13)15(19)9-14(18)10-4-2-1-3-5-10/h1-8,14H,9,18H2. The van der Waals surface area contributed by atoms with Crippen molar-refractivity contribution in [3.05, 3.63) is 70.5 Å². The largest absolute Gasteiger partial charge is 0.324 e. The molecule has 0 heterocycles. The van der Waals surface area contributed by atoms with Crippen LogP contribution in [0.25, 0.3) is 0 Å². The predicted molar refractivity (Wildman–Crippen MR) is 73.7 cm³/mol. The van der Waals surface area contributed by atoms with E-state index < -0.39 is 11.9 Å². The molecule has 0 bridgehead atoms. The summed E-state index contributed by atoms with van der Waals surface area (Å²) in [4.78, 5) is 12.1. The SMILES string of the molecule is NC(CC(=O)c1cc(F)ccc1Cl)c1ccccc1. The molecule has 2 rings (SSSR count). The molecule has 98 valence electrons. The van der Waals surface area contributed by atoms with E-state index in [0.29, 0.717) is 0 Å². The van der Waals surface area contributed by atoms with Gasteiger partial charge in [-0.05, 0) is 23.8 Å². The lowest BCUT2D eigenvalue weighted by Crippen LogP contribution is -2.15. The molecule has 2 nitrogen and oxygen atoms in total. The summed E-state index contributed by atoms with van der Waals surface area (Å²) in [5.74, 6) is -0.748. The minimum absolute atomic E-state index is 0.0905. The van der Waals surface area contributed by atoms with Crippen LogP contribution in [0.15, 0.2) is 48.5 Å². The molecule has 2 N–H and O–H groups in total. The zero-order valence-corrected chi connectivity index (χ0v) is 10.9. The van der Waals surface area contributed by atoms with Crippen molar-refractivity contribution in [2.75, 3.05) is 0 Å². The lowest BCUT2D eigenvalue weighted by molar-refractivity contribution is 0.0974. The predicted octanol–water partition coefficient (Wildman–Crippen LogP) is 3.75. The Balaban J connectivity index is 2.15. The summed E-state index contributed by atoms with van der Waals surface area (Å²) in [6.45, 7) is 0. The Morgan fingerprint density at radius 1 is 1.21 bits per heavy atom. The number of ketones is 1. The van der Waals surface area contributed by atoms with Gasteiger partial charge in [0.25, 0.3) is 0 Å². The van der Waals surface area contributed by atoms with Crippen molar-refractivity contribution in [1.29, 1.82) is 0 Å². The van der Waals surface area contributed by atoms with Gasteiger partial charge in [0.05, 0.1) is 5.02 Å². The molecule has 0 aromatic heterocycles. The molecule has 0 radical (unpaired) electrons. The van der Waals surface area contributed by atoms with E-state index in [0.717, 1.165) is 11.6 Å². The number of carbonyl (C=O) groups is 1. The van der Waals surface area contributed by atoms with E-state index in [1.54, 1.807) is 0 Å². The highest BCUT2D eigenvalue weighted by Crippen LogP contribution is 2.22. The van der Waals surface area contributed by atoms with Gasteiger partial charge in [0.1, 0.15) is 5.82 Å². The number of benzene rings is 2. The first kappa shape index (κ1) is 13.7. The number of Topliss-reactive ketones (excluding diaryl/α,β-unsaturated/α-hetero) is 1. The first-order chi connectivity index (χ1) is 9.08. The molecule has 4 heteroatoms. The summed E-state index contributed by atoms with van der Waals surface area (Å²) in [5, 5.41) is 0.242. The summed E-state index contributed by atoms with van der Waals surface area (Å²) in [5.41, 5.74) is 7.00. The maximum absolute atomic E-state index is 13.1. The fraction of sp³-hybridized carbons (Fsp3) is 0.133. The van der Waals surface area contributed by atoms with Crippen LogP contribution in [0.1, 0.15) is 28.4 Å². The Morgan fingerprint density at radius 2 is 1.89 bits per heavy atom. The fourth-order valence-corrected chi connectivity index (χ4v) is 2.06. The molecular weight excluding hydrogens is 265 g/mol. The number of nitrogens with two attached hydrogens (primary N) is 1. The van der Waals surface area contributed by atoms with Crippen molar-refractivity contribution < 1.29 is 9.18 Å². The Bertz CT molecular complexity index is 586. The second-order valence-electron chi connectivity index (χ2n) is 4.27. The minimum Gasteiger partial charge on any atom is -0.324 e. The smallest absolute Gasteiger partial charge is 0.166 e. The Labute approximate surface area is 116 Å². The molecule has 0 fully saturated rings. The molecule has 0 amide bonds. The first-order valence-corrected chi connectivity index (χ1v) is 6.24. The van der Waals surface area contributed by atoms with Gasteiger partial charge in [-0.15, -0.1) is 0 Å². The summed E-state index contributed by atoms with van der Waals surface area (Å²) in [6, 6.07) is 12.6. The van der Waals surface area contributed by atoms with E-state index in [-0.39, 0.29) is 22.8 Å². The van der Waals surface area contributed by atoms with Crippen LogP contribution in [0, 0.1) is 5.82 Å². The topological polar surface area (TPSA) is 43.1 Å². The van der Waals surface area contributed by atoms with Crippen LogP contribution in [0.4, 0.5) is 4.39 Å². The maximum atomic E-state index is 13.1. The van der Waals surface area contributed by atoms with Crippen molar-refractivity contribution in [2.24, 2.45) is 5.73 Å². The normalized spacial score (nSPS) is 12.2. The van der Waals surface area contributed by atoms with Crippen LogP contribution in [-0.4, -0.2) is 5.78 Å². The third-order valence-corrected chi connectivity index (χ3v) is 3.19. The highest BCUT2D eigenvalue weighted by Gasteiger charge is 2.16. The number of carbonyl (C=O) groups excluding carboxylic acids is 1. The molecule has 0 aliphatic carbocycles. The number of hydrogen-bond donors (Lipinski definition) is 1. The third kappa shape index (κ3) is 3.40. The van der Waals surface area contributed by atoms with E-state index >= 15 is 0 Å². The second-order valence-corrected chi connectivity index (χ2v) is 4.68. The molecule has 0 aliphatic heterocycles. The van der Waals surface area contributed by atoms with Gasteiger partial charge in [-0.2, -0.15) is 0 Å². The van der Waals surface area contributed by atoms with Crippen molar-refractivity contribution in [3.63, 3.8) is 0 Å². The van der Waals surface area contributed by atoms with E-state index in [2.05, 4.69) is 0 Å². The highest BCUT2D eigenvalue weighted by molar-refractivity contribution is 6.33. The van der Waals surface area contributed by atoms with Crippen molar-refractivity contribution in [3.8, 4) is 0 Å². The molecule has 1 atom stereocenters. The van der Waals surface area contributed by atoms with Crippen molar-refractivity contribution in [2.45, 2.75) is 12.5 Å². The van der Waals surface area contributed by atoms with E-state index in [1.807, 2.05) is 30.3 Å². The molecule has 19 heavy (non-hydrogen) atoms. The zero-order chi connectivity index (χ0) is 13.8. The molecule has 0 aliphatic rings. The van der Waals surface area contributed by atoms with Crippen molar-refractivity contribution >= 4 is 17.4 Å². The number of halogens is 2. The van der Waals surface area contributed by atoms with Crippen LogP contribution in [0.5, 0.6) is 0 Å². The monoisotopic (exact) mass is 277 g/mol. The summed E-state index contributed by atoms with van der Waals surface area (Å²) < 4.78 is 13.1. The van der Waals surface area contributed by atoms with Gasteiger partial charge in [0, 0.05) is 18.0 Å². The zero-order valence-electron chi connectivity index (χ0n) is 10.1. The Morgan fingerprint density at radius 3 is 2.58 bits per heavy atom. The van der Waals surface area contributed by atoms with E-state index in [4.69, 9.17) is 17.3 Å². The maximum Gasteiger partial charge on any atom is 0.166 e. The van der Waals surface area contributed by atoms with Gasteiger partial charge in [-0.25, -0.2) is 4.39 Å². The molecule has 2 aromatic rings. The molecule has 2 aromatic carbocycles. The fourth-order valence-electron chi connectivity index (χ4n) is 1.84. The molecular formula is C15H13ClFNO. The lowest BCUT2D eigenvalue weighted by Gasteiger charge is -2.11. The average Bonchev–Trinajstić information content (AvgIpc) is 2.42. The van der Waals surface area contributed by atoms with E-state index in [1.165, 1.54) is 12.1 Å². The quantitative estimate of drug-likeness (QED) is 0.865. The molecule has 1 unspecified atom stereocenters. The van der Waals surface area contributed by atoms with Crippen molar-refractivity contribution in [1.82, 2.24) is 0 Å². The third-order valence-electron chi connectivity index (χ3n) is 2.86. The Hall–Kier alpha value is -1.71. The van der Waals surface area contributed by atoms with Gasteiger partial charge >= 0.3 is 0 Å². The molecule has 0 spiro atoms. The summed E-state index contributed by atoms with van der Waals surface area (Å²) in [7, 11) is 0. The van der Waals surface area contributed by atoms with Gasteiger partial charge in [-0.1, -0.05) is 41.9 Å². The van der Waals surface area contributed by atoms with Crippen LogP contribution < -0.4 is 5.73 Å². The Kier molecular flexibility index (Phi) is 4.30. The first-order valence-electron chi connectivity index (χ1n) is 5.86. The highest BCUT2D eigenvalue weighted by atomic mass is 35.5. The summed E-state index contributed by atoms with van der Waals surface area (Å²) >= 11 is 5.89. The van der Waals surface area contributed by atoms with Gasteiger partial charge in [0.15, 0.2) is 5.78 Å². The molecule has 0 saturated carbocycles. The minimum atomic E-state index is -0.485. The van der Waals surface area contributed by atoms with Gasteiger partial charge < -0.3 is 5.73 Å². The number of rotatable bonds is 4. The molecule has 0 saturated heterocycles. The van der Waals surface area contributed by atoms with Crippen LogP contribution in [0.2, 0.25) is 5.02 Å². The lowest BCUT2D eigenvalue weighted by atomic mass is 9.98. The van der Waals surface area contributed by atoms with E-state index in [9.17, 15) is 9.18 Å². The second kappa shape index (κ2) is 5.95. The van der Waals surface area contributed by atoms with Gasteiger partial charge in [0.2, 0.25) is 0 Å². The van der Waals surface area contributed by atoms with Crippen LogP contribution in [0.3, 0.4) is 0 Å². The van der Waals surface area contributed by atoms with Crippen LogP contribution in [-0.2, 0) is 0 Å². The van der Waals surface area contributed by atoms with Gasteiger partial charge in [-0.3, -0.25) is 4.79 Å². The summed E-state index contributed by atoms with van der Waals surface area (Å²) in [6.07, 6.45) is 0.0905. The average molecular weight is 278 g/mol. The number of hydrogen-bond acceptors (Lipinski definition) is 2.